The lowest BCUT2D eigenvalue weighted by atomic mass is 10.2. The molecule has 192 valence electrons. The van der Waals surface area contributed by atoms with Crippen LogP contribution in [0.2, 0.25) is 5.02 Å². The zero-order chi connectivity index (χ0) is 26.6. The summed E-state index contributed by atoms with van der Waals surface area (Å²) in [5.74, 6) is 1.63. The normalized spacial score (nSPS) is 11.1. The molecule has 0 aliphatic carbocycles. The second kappa shape index (κ2) is 10.6. The van der Waals surface area contributed by atoms with Crippen LogP contribution in [0, 0.1) is 6.92 Å². The summed E-state index contributed by atoms with van der Waals surface area (Å²) in [6, 6.07) is 9.10. The molecule has 14 heteroatoms. The van der Waals surface area contributed by atoms with Crippen LogP contribution in [0.1, 0.15) is 11.1 Å². The van der Waals surface area contributed by atoms with E-state index >= 15 is 0 Å². The summed E-state index contributed by atoms with van der Waals surface area (Å²) >= 11 is 5.63. The number of alkyl halides is 3. The average molecular weight is 533 g/mol. The smallest absolute Gasteiger partial charge is 0.417 e. The van der Waals surface area contributed by atoms with E-state index in [9.17, 15) is 18.0 Å². The Morgan fingerprint density at radius 3 is 2.46 bits per heavy atom. The highest BCUT2D eigenvalue weighted by Crippen LogP contribution is 2.36. The molecule has 4 rings (SSSR count). The molecule has 2 heterocycles. The highest BCUT2D eigenvalue weighted by molar-refractivity contribution is 6.31. The largest absolute Gasteiger partial charge is 0.491 e. The lowest BCUT2D eigenvalue weighted by molar-refractivity contribution is -0.137. The van der Waals surface area contributed by atoms with E-state index in [2.05, 4.69) is 41.4 Å². The van der Waals surface area contributed by atoms with Crippen molar-refractivity contribution in [1.29, 1.82) is 0 Å². The zero-order valence-electron chi connectivity index (χ0n) is 19.4. The number of ether oxygens (including phenoxy) is 1. The summed E-state index contributed by atoms with van der Waals surface area (Å²) < 4.78 is 44.6. The van der Waals surface area contributed by atoms with E-state index in [-0.39, 0.29) is 11.6 Å². The number of hydrogen-bond donors (Lipinski definition) is 5. The fourth-order valence-corrected chi connectivity index (χ4v) is 3.42. The van der Waals surface area contributed by atoms with Crippen LogP contribution in [0.3, 0.4) is 0 Å². The number of methoxy groups -OCH3 is 1. The number of nitrogens with one attached hydrogen (secondary N) is 5. The van der Waals surface area contributed by atoms with E-state index in [0.29, 0.717) is 28.8 Å². The number of hydrogen-bond acceptors (Lipinski definition) is 7. The number of aromatic amines is 1. The minimum atomic E-state index is -4.65. The summed E-state index contributed by atoms with van der Waals surface area (Å²) in [5, 5.41) is 17.3. The van der Waals surface area contributed by atoms with E-state index in [1.807, 2.05) is 6.92 Å². The molecule has 0 spiro atoms. The second-order valence-electron chi connectivity index (χ2n) is 7.63. The Hall–Kier alpha value is -4.52. The lowest BCUT2D eigenvalue weighted by Crippen LogP contribution is -2.20. The van der Waals surface area contributed by atoms with Crippen molar-refractivity contribution >= 4 is 52.3 Å². The van der Waals surface area contributed by atoms with E-state index in [4.69, 9.17) is 16.3 Å². The molecule has 37 heavy (non-hydrogen) atoms. The van der Waals surface area contributed by atoms with Crippen LogP contribution < -0.4 is 26.0 Å². The number of rotatable bonds is 7. The van der Waals surface area contributed by atoms with Crippen molar-refractivity contribution in [2.75, 3.05) is 28.4 Å². The number of carbonyl (C=O) groups is 1. The standard InChI is InChI=1S/C23H20ClF3N8O2/c1-12-3-4-14(31-22(36)30-13-5-6-16(24)15(9-13)23(25,26)27)10-17(12)32-21-28-11-18(37-2)20(34-21)33-19-7-8-29-35-19/h3-11H,1-2H3,(H2,30,31,36)(H3,28,29,32,33,34,35). The van der Waals surface area contributed by atoms with Gasteiger partial charge >= 0.3 is 12.2 Å². The molecule has 0 saturated carbocycles. The second-order valence-corrected chi connectivity index (χ2v) is 8.04. The molecule has 0 aliphatic heterocycles. The van der Waals surface area contributed by atoms with Gasteiger partial charge in [-0.2, -0.15) is 23.3 Å². The Labute approximate surface area is 213 Å². The maximum Gasteiger partial charge on any atom is 0.417 e. The minimum absolute atomic E-state index is 0.0661. The summed E-state index contributed by atoms with van der Waals surface area (Å²) in [6.45, 7) is 1.84. The number of amides is 2. The predicted molar refractivity (Wildman–Crippen MR) is 134 cm³/mol. The van der Waals surface area contributed by atoms with Gasteiger partial charge in [-0.3, -0.25) is 5.10 Å². The maximum absolute atomic E-state index is 13.1. The van der Waals surface area contributed by atoms with Crippen LogP contribution in [-0.4, -0.2) is 33.3 Å². The molecule has 0 aliphatic rings. The van der Waals surface area contributed by atoms with Crippen molar-refractivity contribution in [3.63, 3.8) is 0 Å². The highest BCUT2D eigenvalue weighted by atomic mass is 35.5. The minimum Gasteiger partial charge on any atom is -0.491 e. The lowest BCUT2D eigenvalue weighted by Gasteiger charge is -2.14. The fourth-order valence-electron chi connectivity index (χ4n) is 3.19. The van der Waals surface area contributed by atoms with Crippen molar-refractivity contribution < 1.29 is 22.7 Å². The molecular formula is C23H20ClF3N8O2. The molecule has 0 unspecified atom stereocenters. The van der Waals surface area contributed by atoms with Crippen molar-refractivity contribution in [3.05, 3.63) is 71.0 Å². The van der Waals surface area contributed by atoms with E-state index in [0.717, 1.165) is 17.7 Å². The Bertz CT molecular complexity index is 1410. The van der Waals surface area contributed by atoms with Gasteiger partial charge < -0.3 is 26.0 Å². The first-order valence-corrected chi connectivity index (χ1v) is 11.0. The van der Waals surface area contributed by atoms with Gasteiger partial charge in [0, 0.05) is 23.1 Å². The molecule has 10 nitrogen and oxygen atoms in total. The van der Waals surface area contributed by atoms with Crippen LogP contribution >= 0.6 is 11.6 Å². The number of benzene rings is 2. The number of aryl methyl sites for hydroxylation is 1. The molecule has 0 atom stereocenters. The number of urea groups is 1. The number of H-pyrrole nitrogens is 1. The molecule has 2 aromatic heterocycles. The average Bonchev–Trinajstić information content (AvgIpc) is 3.35. The Kier molecular flexibility index (Phi) is 7.34. The molecule has 0 fully saturated rings. The maximum atomic E-state index is 13.1. The van der Waals surface area contributed by atoms with Crippen molar-refractivity contribution in [3.8, 4) is 5.75 Å². The zero-order valence-corrected chi connectivity index (χ0v) is 20.1. The highest BCUT2D eigenvalue weighted by Gasteiger charge is 2.33. The topological polar surface area (TPSA) is 129 Å². The molecule has 5 N–H and O–H groups in total. The third kappa shape index (κ3) is 6.38. The molecule has 0 bridgehead atoms. The third-order valence-corrected chi connectivity index (χ3v) is 5.33. The summed E-state index contributed by atoms with van der Waals surface area (Å²) in [5.41, 5.74) is 0.667. The van der Waals surface area contributed by atoms with Gasteiger partial charge in [-0.25, -0.2) is 9.78 Å². The first-order valence-electron chi connectivity index (χ1n) is 10.6. The Morgan fingerprint density at radius 1 is 1.05 bits per heavy atom. The molecule has 0 saturated heterocycles. The van der Waals surface area contributed by atoms with Crippen LogP contribution in [0.4, 0.5) is 52.6 Å². The van der Waals surface area contributed by atoms with E-state index in [1.54, 1.807) is 30.5 Å². The first-order chi connectivity index (χ1) is 17.6. The van der Waals surface area contributed by atoms with Gasteiger partial charge in [-0.05, 0) is 42.8 Å². The Balaban J connectivity index is 1.48. The predicted octanol–water partition coefficient (Wildman–Crippen LogP) is 6.32. The van der Waals surface area contributed by atoms with Gasteiger partial charge in [0.15, 0.2) is 11.6 Å². The van der Waals surface area contributed by atoms with Crippen molar-refractivity contribution in [1.82, 2.24) is 20.2 Å². The molecule has 2 amide bonds. The van der Waals surface area contributed by atoms with Crippen molar-refractivity contribution in [2.45, 2.75) is 13.1 Å². The van der Waals surface area contributed by atoms with Gasteiger partial charge in [0.05, 0.1) is 30.1 Å². The molecule has 0 radical (unpaired) electrons. The molecular weight excluding hydrogens is 513 g/mol. The van der Waals surface area contributed by atoms with Gasteiger partial charge in [-0.15, -0.1) is 0 Å². The van der Waals surface area contributed by atoms with Gasteiger partial charge in [0.2, 0.25) is 5.95 Å². The van der Waals surface area contributed by atoms with Crippen LogP contribution in [0.5, 0.6) is 5.75 Å². The van der Waals surface area contributed by atoms with Crippen LogP contribution in [0.15, 0.2) is 54.9 Å². The Morgan fingerprint density at radius 2 is 1.78 bits per heavy atom. The van der Waals surface area contributed by atoms with E-state index < -0.39 is 22.8 Å². The number of nitrogens with zero attached hydrogens (tertiary/aromatic N) is 3. The number of anilines is 6. The molecule has 4 aromatic rings. The quantitative estimate of drug-likeness (QED) is 0.188. The van der Waals surface area contributed by atoms with Gasteiger partial charge in [-0.1, -0.05) is 17.7 Å². The summed E-state index contributed by atoms with van der Waals surface area (Å²) in [7, 11) is 1.49. The monoisotopic (exact) mass is 532 g/mol. The van der Waals surface area contributed by atoms with Crippen LogP contribution in [-0.2, 0) is 6.18 Å². The van der Waals surface area contributed by atoms with Gasteiger partial charge in [0.25, 0.3) is 0 Å². The molecule has 2 aromatic carbocycles. The summed E-state index contributed by atoms with van der Waals surface area (Å²) in [6.07, 6.45) is -1.59. The van der Waals surface area contributed by atoms with Gasteiger partial charge in [0.1, 0.15) is 5.82 Å². The first kappa shape index (κ1) is 25.6. The van der Waals surface area contributed by atoms with Crippen LogP contribution in [0.25, 0.3) is 0 Å². The summed E-state index contributed by atoms with van der Waals surface area (Å²) in [4.78, 5) is 21.1. The number of halogens is 4. The SMILES string of the molecule is COc1cnc(Nc2cc(NC(=O)Nc3ccc(Cl)c(C(F)(F)F)c3)ccc2C)nc1Nc1ccn[nH]1. The fraction of sp³-hybridized carbons (Fsp3) is 0.130. The van der Waals surface area contributed by atoms with Crippen molar-refractivity contribution in [2.24, 2.45) is 0 Å². The third-order valence-electron chi connectivity index (χ3n) is 5.00. The van der Waals surface area contributed by atoms with E-state index in [1.165, 1.54) is 19.4 Å². The number of aromatic nitrogens is 4. The number of carbonyl (C=O) groups excluding carboxylic acids is 1.